The van der Waals surface area contributed by atoms with Gasteiger partial charge in [0.2, 0.25) is 5.91 Å². The average molecular weight is 281 g/mol. The van der Waals surface area contributed by atoms with Crippen LogP contribution in [-0.4, -0.2) is 53.3 Å². The Kier molecular flexibility index (Phi) is 5.73. The summed E-state index contributed by atoms with van der Waals surface area (Å²) in [5.74, 6) is -0.548. The number of nitrogens with one attached hydrogen (secondary N) is 1. The maximum absolute atomic E-state index is 12.1. The van der Waals surface area contributed by atoms with Crippen molar-refractivity contribution in [3.05, 3.63) is 12.2 Å². The summed E-state index contributed by atoms with van der Waals surface area (Å²) in [6.07, 6.45) is 1.40. The molecule has 1 unspecified atom stereocenters. The molecule has 1 saturated heterocycles. The number of likely N-dealkylation sites (N-methyl/N-ethyl adjacent to an activating group) is 1. The molecule has 1 fully saturated rings. The monoisotopic (exact) mass is 281 g/mol. The van der Waals surface area contributed by atoms with Crippen LogP contribution in [0, 0.1) is 0 Å². The Hall–Kier alpha value is -1.85. The van der Waals surface area contributed by atoms with Gasteiger partial charge in [0.05, 0.1) is 0 Å². The summed E-state index contributed by atoms with van der Waals surface area (Å²) in [5.41, 5.74) is 0.862. The lowest BCUT2D eigenvalue weighted by Gasteiger charge is -2.23. The highest BCUT2D eigenvalue weighted by molar-refractivity contribution is 6.06. The van der Waals surface area contributed by atoms with Crippen molar-refractivity contribution in [2.75, 3.05) is 19.6 Å². The first-order valence-corrected chi connectivity index (χ1v) is 6.94. The normalized spacial score (nSPS) is 18.1. The lowest BCUT2D eigenvalue weighted by molar-refractivity contribution is -0.137. The second-order valence-corrected chi connectivity index (χ2v) is 5.08. The van der Waals surface area contributed by atoms with E-state index in [-0.39, 0.29) is 18.4 Å². The molecule has 1 rings (SSSR count). The first kappa shape index (κ1) is 16.2. The van der Waals surface area contributed by atoms with Gasteiger partial charge in [0.25, 0.3) is 5.91 Å². The molecular formula is C14H23N3O3. The predicted octanol–water partition coefficient (Wildman–Crippen LogP) is 1.13. The molecule has 1 heterocycles. The van der Waals surface area contributed by atoms with E-state index in [4.69, 9.17) is 0 Å². The fraction of sp³-hybridized carbons (Fsp3) is 0.643. The van der Waals surface area contributed by atoms with Crippen molar-refractivity contribution in [1.29, 1.82) is 0 Å². The van der Waals surface area contributed by atoms with Crippen LogP contribution in [0.2, 0.25) is 0 Å². The maximum atomic E-state index is 12.1. The molecule has 1 N–H and O–H groups in total. The van der Waals surface area contributed by atoms with Crippen molar-refractivity contribution in [2.45, 2.75) is 39.7 Å². The molecule has 0 aromatic heterocycles. The number of urea groups is 1. The second-order valence-electron chi connectivity index (χ2n) is 5.08. The number of amides is 4. The number of nitrogens with zero attached hydrogens (tertiary/aromatic N) is 2. The van der Waals surface area contributed by atoms with Crippen LogP contribution in [0.5, 0.6) is 0 Å². The molecule has 0 spiro atoms. The average Bonchev–Trinajstić information content (AvgIpc) is 2.64. The van der Waals surface area contributed by atoms with Gasteiger partial charge in [0.15, 0.2) is 0 Å². The lowest BCUT2D eigenvalue weighted by atomic mass is 10.2. The van der Waals surface area contributed by atoms with E-state index in [1.807, 2.05) is 20.8 Å². The van der Waals surface area contributed by atoms with E-state index in [0.717, 1.165) is 16.9 Å². The summed E-state index contributed by atoms with van der Waals surface area (Å²) >= 11 is 0. The van der Waals surface area contributed by atoms with Crippen LogP contribution in [0.25, 0.3) is 0 Å². The topological polar surface area (TPSA) is 69.7 Å². The van der Waals surface area contributed by atoms with E-state index < -0.39 is 12.1 Å². The van der Waals surface area contributed by atoms with Gasteiger partial charge in [-0.3, -0.25) is 14.5 Å². The Bertz CT molecular complexity index is 420. The SMILES string of the molecule is C=C(C)CN(CC)C(=O)CN1C(=O)NC(CCC)C1=O. The Morgan fingerprint density at radius 2 is 2.05 bits per heavy atom. The Morgan fingerprint density at radius 3 is 2.55 bits per heavy atom. The summed E-state index contributed by atoms with van der Waals surface area (Å²) < 4.78 is 0. The molecule has 1 aliphatic rings. The maximum Gasteiger partial charge on any atom is 0.325 e. The molecule has 4 amide bonds. The van der Waals surface area contributed by atoms with Crippen LogP contribution < -0.4 is 5.32 Å². The van der Waals surface area contributed by atoms with Crippen molar-refractivity contribution < 1.29 is 14.4 Å². The van der Waals surface area contributed by atoms with Crippen molar-refractivity contribution in [2.24, 2.45) is 0 Å². The molecule has 1 atom stereocenters. The van der Waals surface area contributed by atoms with Crippen molar-refractivity contribution >= 4 is 17.8 Å². The van der Waals surface area contributed by atoms with Crippen LogP contribution in [0.1, 0.15) is 33.6 Å². The van der Waals surface area contributed by atoms with Crippen LogP contribution >= 0.6 is 0 Å². The van der Waals surface area contributed by atoms with Gasteiger partial charge in [-0.1, -0.05) is 25.5 Å². The van der Waals surface area contributed by atoms with Gasteiger partial charge in [0, 0.05) is 13.1 Å². The van der Waals surface area contributed by atoms with Gasteiger partial charge >= 0.3 is 6.03 Å². The smallest absolute Gasteiger partial charge is 0.325 e. The molecule has 0 aromatic carbocycles. The number of hydrogen-bond acceptors (Lipinski definition) is 3. The lowest BCUT2D eigenvalue weighted by Crippen LogP contribution is -2.43. The highest BCUT2D eigenvalue weighted by atomic mass is 16.2. The zero-order chi connectivity index (χ0) is 15.3. The van der Waals surface area contributed by atoms with Crippen LogP contribution in [0.3, 0.4) is 0 Å². The van der Waals surface area contributed by atoms with Gasteiger partial charge in [-0.25, -0.2) is 4.79 Å². The first-order valence-electron chi connectivity index (χ1n) is 6.94. The predicted molar refractivity (Wildman–Crippen MR) is 76.0 cm³/mol. The van der Waals surface area contributed by atoms with E-state index >= 15 is 0 Å². The second kappa shape index (κ2) is 7.07. The molecule has 0 bridgehead atoms. The zero-order valence-electron chi connectivity index (χ0n) is 12.4. The number of rotatable bonds is 7. The van der Waals surface area contributed by atoms with E-state index in [1.165, 1.54) is 0 Å². The quantitative estimate of drug-likeness (QED) is 0.562. The Morgan fingerprint density at radius 1 is 1.40 bits per heavy atom. The van der Waals surface area contributed by atoms with Crippen molar-refractivity contribution in [3.63, 3.8) is 0 Å². The number of carbonyl (C=O) groups is 3. The standard InChI is InChI=1S/C14H23N3O3/c1-5-7-11-13(19)17(14(20)15-11)9-12(18)16(6-2)8-10(3)4/h11H,3,5-9H2,1-2,4H3,(H,15,20). The van der Waals surface area contributed by atoms with Gasteiger partial charge in [-0.15, -0.1) is 0 Å². The fourth-order valence-electron chi connectivity index (χ4n) is 2.15. The minimum absolute atomic E-state index is 0.202. The minimum atomic E-state index is -0.489. The molecule has 112 valence electrons. The highest BCUT2D eigenvalue weighted by Crippen LogP contribution is 2.11. The van der Waals surface area contributed by atoms with Crippen molar-refractivity contribution in [1.82, 2.24) is 15.1 Å². The largest absolute Gasteiger partial charge is 0.337 e. The zero-order valence-corrected chi connectivity index (χ0v) is 12.4. The molecule has 0 aliphatic carbocycles. The van der Waals surface area contributed by atoms with E-state index in [2.05, 4.69) is 11.9 Å². The van der Waals surface area contributed by atoms with Gasteiger partial charge < -0.3 is 10.2 Å². The Labute approximate surface area is 119 Å². The summed E-state index contributed by atoms with van der Waals surface area (Å²) in [4.78, 5) is 38.5. The summed E-state index contributed by atoms with van der Waals surface area (Å²) in [7, 11) is 0. The van der Waals surface area contributed by atoms with Crippen LogP contribution in [0.15, 0.2) is 12.2 Å². The third kappa shape index (κ3) is 3.82. The first-order chi connectivity index (χ1) is 9.40. The van der Waals surface area contributed by atoms with Gasteiger partial charge in [-0.2, -0.15) is 0 Å². The molecule has 1 aliphatic heterocycles. The molecule has 6 heteroatoms. The third-order valence-electron chi connectivity index (χ3n) is 3.17. The molecular weight excluding hydrogens is 258 g/mol. The molecule has 0 saturated carbocycles. The van der Waals surface area contributed by atoms with Gasteiger partial charge in [-0.05, 0) is 20.3 Å². The fourth-order valence-corrected chi connectivity index (χ4v) is 2.15. The van der Waals surface area contributed by atoms with E-state index in [1.54, 1.807) is 4.90 Å². The highest BCUT2D eigenvalue weighted by Gasteiger charge is 2.38. The molecule has 0 radical (unpaired) electrons. The van der Waals surface area contributed by atoms with Crippen molar-refractivity contribution in [3.8, 4) is 0 Å². The molecule has 0 aromatic rings. The van der Waals surface area contributed by atoms with Crippen LogP contribution in [0.4, 0.5) is 4.79 Å². The number of hydrogen-bond donors (Lipinski definition) is 1. The van der Waals surface area contributed by atoms with E-state index in [0.29, 0.717) is 19.5 Å². The third-order valence-corrected chi connectivity index (χ3v) is 3.17. The summed E-state index contributed by atoms with van der Waals surface area (Å²) in [5, 5.41) is 2.61. The van der Waals surface area contributed by atoms with E-state index in [9.17, 15) is 14.4 Å². The number of carbonyl (C=O) groups excluding carboxylic acids is 3. The van der Waals surface area contributed by atoms with Crippen LogP contribution in [-0.2, 0) is 9.59 Å². The molecule has 20 heavy (non-hydrogen) atoms. The van der Waals surface area contributed by atoms with Gasteiger partial charge in [0.1, 0.15) is 12.6 Å². The Balaban J connectivity index is 2.67. The summed E-state index contributed by atoms with van der Waals surface area (Å²) in [6.45, 7) is 10.2. The summed E-state index contributed by atoms with van der Waals surface area (Å²) in [6, 6.07) is -0.968. The number of imide groups is 1. The molecule has 6 nitrogen and oxygen atoms in total. The minimum Gasteiger partial charge on any atom is -0.337 e.